The first-order valence-corrected chi connectivity index (χ1v) is 7.90. The molecule has 1 aliphatic heterocycles. The third kappa shape index (κ3) is 3.47. The van der Waals surface area contributed by atoms with E-state index < -0.39 is 6.10 Å². The van der Waals surface area contributed by atoms with Gasteiger partial charge < -0.3 is 14.8 Å². The van der Waals surface area contributed by atoms with Gasteiger partial charge in [-0.05, 0) is 30.5 Å². The zero-order chi connectivity index (χ0) is 16.2. The summed E-state index contributed by atoms with van der Waals surface area (Å²) < 4.78 is 11.6. The van der Waals surface area contributed by atoms with Crippen LogP contribution in [0, 0.1) is 0 Å². The number of hydrogen-bond donors (Lipinski definition) is 1. The van der Waals surface area contributed by atoms with Crippen molar-refractivity contribution in [2.75, 3.05) is 6.54 Å². The van der Waals surface area contributed by atoms with Gasteiger partial charge in [-0.25, -0.2) is 0 Å². The van der Waals surface area contributed by atoms with Gasteiger partial charge in [0, 0.05) is 6.54 Å². The number of hydrogen-bond acceptors (Lipinski definition) is 3. The highest BCUT2D eigenvalue weighted by Crippen LogP contribution is 2.33. The molecule has 2 aromatic rings. The Morgan fingerprint density at radius 1 is 1.04 bits per heavy atom. The van der Waals surface area contributed by atoms with Crippen LogP contribution in [0.4, 0.5) is 0 Å². The van der Waals surface area contributed by atoms with Crippen LogP contribution in [-0.4, -0.2) is 24.7 Å². The van der Waals surface area contributed by atoms with Gasteiger partial charge in [-0.15, -0.1) is 0 Å². The van der Waals surface area contributed by atoms with Crippen molar-refractivity contribution in [2.45, 2.75) is 32.0 Å². The zero-order valence-corrected chi connectivity index (χ0v) is 13.4. The molecule has 0 aliphatic carbocycles. The molecule has 0 aromatic heterocycles. The molecule has 1 amide bonds. The van der Waals surface area contributed by atoms with E-state index in [-0.39, 0.29) is 17.9 Å². The highest BCUT2D eigenvalue weighted by atomic mass is 16.6. The molecule has 23 heavy (non-hydrogen) atoms. The fourth-order valence-corrected chi connectivity index (χ4v) is 2.66. The third-order valence-electron chi connectivity index (χ3n) is 4.05. The van der Waals surface area contributed by atoms with Crippen LogP contribution >= 0.6 is 0 Å². The van der Waals surface area contributed by atoms with Gasteiger partial charge in [0.05, 0.1) is 0 Å². The van der Waals surface area contributed by atoms with E-state index in [0.717, 1.165) is 0 Å². The third-order valence-corrected chi connectivity index (χ3v) is 4.05. The summed E-state index contributed by atoms with van der Waals surface area (Å²) in [4.78, 5) is 12.4. The molecule has 0 bridgehead atoms. The minimum atomic E-state index is -0.632. The van der Waals surface area contributed by atoms with E-state index in [9.17, 15) is 4.79 Å². The largest absolute Gasteiger partial charge is 0.482 e. The van der Waals surface area contributed by atoms with Crippen LogP contribution in [0.3, 0.4) is 0 Å². The van der Waals surface area contributed by atoms with E-state index >= 15 is 0 Å². The minimum absolute atomic E-state index is 0.144. The summed E-state index contributed by atoms with van der Waals surface area (Å²) >= 11 is 0. The molecule has 120 valence electrons. The van der Waals surface area contributed by atoms with Gasteiger partial charge in [0.25, 0.3) is 5.91 Å². The molecule has 1 N–H and O–H groups in total. The second kappa shape index (κ2) is 6.73. The molecule has 1 heterocycles. The van der Waals surface area contributed by atoms with Crippen molar-refractivity contribution in [2.24, 2.45) is 0 Å². The lowest BCUT2D eigenvalue weighted by Crippen LogP contribution is -2.49. The minimum Gasteiger partial charge on any atom is -0.482 e. The number of fused-ring (bicyclic) bond motifs is 1. The van der Waals surface area contributed by atoms with Crippen LogP contribution < -0.4 is 14.8 Å². The van der Waals surface area contributed by atoms with Crippen LogP contribution in [0.15, 0.2) is 54.6 Å². The number of carbonyl (C=O) groups is 1. The van der Waals surface area contributed by atoms with E-state index in [1.165, 1.54) is 5.56 Å². The number of nitrogens with one attached hydrogen (secondary N) is 1. The molecule has 0 fully saturated rings. The summed E-state index contributed by atoms with van der Waals surface area (Å²) in [5.74, 6) is 1.39. The van der Waals surface area contributed by atoms with Crippen LogP contribution in [0.5, 0.6) is 11.5 Å². The fourth-order valence-electron chi connectivity index (χ4n) is 2.66. The van der Waals surface area contributed by atoms with Crippen LogP contribution in [0.25, 0.3) is 0 Å². The van der Waals surface area contributed by atoms with Gasteiger partial charge in [0.1, 0.15) is 6.10 Å². The maximum atomic E-state index is 12.4. The molecule has 0 saturated heterocycles. The lowest BCUT2D eigenvalue weighted by atomic mass is 10.0. The Hall–Kier alpha value is -2.49. The van der Waals surface area contributed by atoms with Gasteiger partial charge in [0.2, 0.25) is 6.10 Å². The number of para-hydroxylation sites is 2. The molecular weight excluding hydrogens is 290 g/mol. The Morgan fingerprint density at radius 3 is 2.35 bits per heavy atom. The van der Waals surface area contributed by atoms with Crippen molar-refractivity contribution in [3.63, 3.8) is 0 Å². The average Bonchev–Trinajstić information content (AvgIpc) is 2.59. The van der Waals surface area contributed by atoms with Gasteiger partial charge in [-0.3, -0.25) is 4.79 Å². The molecule has 0 spiro atoms. The predicted molar refractivity (Wildman–Crippen MR) is 88.8 cm³/mol. The maximum Gasteiger partial charge on any atom is 0.265 e. The predicted octanol–water partition coefficient (Wildman–Crippen LogP) is 3.13. The highest BCUT2D eigenvalue weighted by molar-refractivity contribution is 5.82. The molecule has 1 aliphatic rings. The summed E-state index contributed by atoms with van der Waals surface area (Å²) in [6.07, 6.45) is -0.954. The fraction of sp³-hybridized carbons (Fsp3) is 0.316. The first-order valence-electron chi connectivity index (χ1n) is 7.90. The van der Waals surface area contributed by atoms with Crippen LogP contribution in [-0.2, 0) is 4.79 Å². The summed E-state index contributed by atoms with van der Waals surface area (Å²) in [7, 11) is 0. The molecule has 0 radical (unpaired) electrons. The molecular formula is C19H21NO3. The Kier molecular flexibility index (Phi) is 4.51. The molecule has 3 unspecified atom stereocenters. The lowest BCUT2D eigenvalue weighted by Gasteiger charge is -2.31. The highest BCUT2D eigenvalue weighted by Gasteiger charge is 2.33. The molecule has 0 saturated carbocycles. The molecule has 3 rings (SSSR count). The number of carbonyl (C=O) groups excluding carboxylic acids is 1. The van der Waals surface area contributed by atoms with E-state index in [4.69, 9.17) is 9.47 Å². The van der Waals surface area contributed by atoms with E-state index in [0.29, 0.717) is 18.0 Å². The van der Waals surface area contributed by atoms with Gasteiger partial charge in [-0.1, -0.05) is 49.4 Å². The summed E-state index contributed by atoms with van der Waals surface area (Å²) in [5.41, 5.74) is 1.20. The van der Waals surface area contributed by atoms with Crippen molar-refractivity contribution in [1.82, 2.24) is 5.32 Å². The van der Waals surface area contributed by atoms with Crippen molar-refractivity contribution >= 4 is 5.91 Å². The molecule has 4 nitrogen and oxygen atoms in total. The number of amides is 1. The smallest absolute Gasteiger partial charge is 0.265 e. The topological polar surface area (TPSA) is 47.6 Å². The van der Waals surface area contributed by atoms with Crippen molar-refractivity contribution < 1.29 is 14.3 Å². The van der Waals surface area contributed by atoms with Gasteiger partial charge >= 0.3 is 0 Å². The monoisotopic (exact) mass is 311 g/mol. The number of benzene rings is 2. The SMILES string of the molecule is CC(CNC(=O)C1Oc2ccccc2OC1C)c1ccccc1. The van der Waals surface area contributed by atoms with E-state index in [2.05, 4.69) is 24.4 Å². The number of ether oxygens (including phenoxy) is 2. The second-order valence-electron chi connectivity index (χ2n) is 5.87. The maximum absolute atomic E-state index is 12.4. The lowest BCUT2D eigenvalue weighted by molar-refractivity contribution is -0.133. The summed E-state index contributed by atoms with van der Waals surface area (Å²) in [6.45, 7) is 4.50. The van der Waals surface area contributed by atoms with Gasteiger partial charge in [-0.2, -0.15) is 0 Å². The Morgan fingerprint density at radius 2 is 1.65 bits per heavy atom. The molecule has 3 atom stereocenters. The standard InChI is InChI=1S/C19H21NO3/c1-13(15-8-4-3-5-9-15)12-20-19(21)18-14(2)22-16-10-6-7-11-17(16)23-18/h3-11,13-14,18H,12H2,1-2H3,(H,20,21). The Labute approximate surface area is 136 Å². The second-order valence-corrected chi connectivity index (χ2v) is 5.87. The Balaban J connectivity index is 1.60. The van der Waals surface area contributed by atoms with Crippen LogP contribution in [0.1, 0.15) is 25.3 Å². The van der Waals surface area contributed by atoms with E-state index in [1.807, 2.05) is 49.4 Å². The first-order chi connectivity index (χ1) is 11.1. The summed E-state index contributed by atoms with van der Waals surface area (Å²) in [5, 5.41) is 2.97. The average molecular weight is 311 g/mol. The molecule has 4 heteroatoms. The number of rotatable bonds is 4. The molecule has 2 aromatic carbocycles. The quantitative estimate of drug-likeness (QED) is 0.943. The van der Waals surface area contributed by atoms with E-state index in [1.54, 1.807) is 0 Å². The zero-order valence-electron chi connectivity index (χ0n) is 13.4. The van der Waals surface area contributed by atoms with Crippen molar-refractivity contribution in [1.29, 1.82) is 0 Å². The van der Waals surface area contributed by atoms with Crippen molar-refractivity contribution in [3.05, 3.63) is 60.2 Å². The summed E-state index contributed by atoms with van der Waals surface area (Å²) in [6, 6.07) is 17.5. The Bertz CT molecular complexity index is 671. The van der Waals surface area contributed by atoms with Crippen LogP contribution in [0.2, 0.25) is 0 Å². The van der Waals surface area contributed by atoms with Gasteiger partial charge in [0.15, 0.2) is 11.5 Å². The van der Waals surface area contributed by atoms with Crippen molar-refractivity contribution in [3.8, 4) is 11.5 Å². The first kappa shape index (κ1) is 15.4. The normalized spacial score (nSPS) is 20.6.